The van der Waals surface area contributed by atoms with E-state index in [1.165, 1.54) is 31.0 Å². The molecule has 0 bridgehead atoms. The first-order valence-corrected chi connectivity index (χ1v) is 14.3. The molecule has 0 saturated carbocycles. The van der Waals surface area contributed by atoms with E-state index in [1.807, 2.05) is 43.0 Å². The molecule has 11 heteroatoms. The lowest BCUT2D eigenvalue weighted by Gasteiger charge is -2.40. The number of urea groups is 1. The normalized spacial score (nSPS) is 18.5. The molecule has 2 aromatic rings. The highest BCUT2D eigenvalue weighted by Crippen LogP contribution is 2.24. The topological polar surface area (TPSA) is 93.7 Å². The molecule has 1 aromatic heterocycles. The maximum absolute atomic E-state index is 12.9. The van der Waals surface area contributed by atoms with Crippen LogP contribution in [0.5, 0.6) is 0 Å². The summed E-state index contributed by atoms with van der Waals surface area (Å²) in [5.74, 6) is 0.913. The highest BCUT2D eigenvalue weighted by atomic mass is 35.5. The summed E-state index contributed by atoms with van der Waals surface area (Å²) in [7, 11) is 0. The Morgan fingerprint density at radius 2 is 1.92 bits per heavy atom. The first kappa shape index (κ1) is 27.5. The first-order valence-electron chi connectivity index (χ1n) is 12.9. The van der Waals surface area contributed by atoms with E-state index in [-0.39, 0.29) is 23.7 Å². The van der Waals surface area contributed by atoms with Crippen molar-refractivity contribution in [2.45, 2.75) is 44.3 Å². The number of aromatic nitrogens is 2. The lowest BCUT2D eigenvalue weighted by Crippen LogP contribution is -2.55. The molecule has 1 aromatic carbocycles. The molecule has 4 rings (SSSR count). The van der Waals surface area contributed by atoms with Gasteiger partial charge in [-0.25, -0.2) is 14.8 Å². The number of carbonyl (C=O) groups is 2. The number of carbonyl (C=O) groups excluding carboxylic acids is 2. The number of rotatable bonds is 8. The van der Waals surface area contributed by atoms with Gasteiger partial charge in [0.25, 0.3) is 0 Å². The van der Waals surface area contributed by atoms with Crippen LogP contribution in [0.15, 0.2) is 35.5 Å². The predicted octanol–water partition coefficient (Wildman–Crippen LogP) is 3.88. The maximum atomic E-state index is 12.9. The molecule has 2 N–H and O–H groups in total. The van der Waals surface area contributed by atoms with Crippen LogP contribution in [0, 0.1) is 6.92 Å². The maximum Gasteiger partial charge on any atom is 0.322 e. The second kappa shape index (κ2) is 13.3. The highest BCUT2D eigenvalue weighted by molar-refractivity contribution is 7.99. The number of hydrogen-bond acceptors (Lipinski definition) is 7. The Hall–Kier alpha value is -2.56. The molecule has 9 nitrogen and oxygen atoms in total. The summed E-state index contributed by atoms with van der Waals surface area (Å²) in [6.07, 6.45) is 3.79. The summed E-state index contributed by atoms with van der Waals surface area (Å²) in [6.45, 7) is 9.61. The van der Waals surface area contributed by atoms with E-state index in [0.717, 1.165) is 30.9 Å². The van der Waals surface area contributed by atoms with Crippen LogP contribution >= 0.6 is 23.4 Å². The van der Waals surface area contributed by atoms with E-state index in [4.69, 9.17) is 11.6 Å². The Labute approximate surface area is 228 Å². The minimum atomic E-state index is -0.110. The fourth-order valence-corrected chi connectivity index (χ4v) is 5.63. The van der Waals surface area contributed by atoms with Gasteiger partial charge in [-0.1, -0.05) is 41.9 Å². The van der Waals surface area contributed by atoms with Gasteiger partial charge in [0.15, 0.2) is 5.16 Å². The third kappa shape index (κ3) is 8.21. The van der Waals surface area contributed by atoms with Crippen LogP contribution in [0.3, 0.4) is 0 Å². The van der Waals surface area contributed by atoms with E-state index in [0.29, 0.717) is 42.3 Å². The molecule has 0 radical (unpaired) electrons. The van der Waals surface area contributed by atoms with Gasteiger partial charge >= 0.3 is 6.03 Å². The van der Waals surface area contributed by atoms with Gasteiger partial charge in [0, 0.05) is 50.5 Å². The van der Waals surface area contributed by atoms with Crippen molar-refractivity contribution in [1.29, 1.82) is 0 Å². The molecule has 0 aliphatic carbocycles. The summed E-state index contributed by atoms with van der Waals surface area (Å²) in [5, 5.41) is 6.80. The Morgan fingerprint density at radius 1 is 1.11 bits per heavy atom. The van der Waals surface area contributed by atoms with Crippen molar-refractivity contribution in [3.63, 3.8) is 0 Å². The van der Waals surface area contributed by atoms with E-state index in [9.17, 15) is 9.59 Å². The third-order valence-corrected chi connectivity index (χ3v) is 7.71. The number of piperazine rings is 1. The average molecular weight is 546 g/mol. The number of thioether (sulfide) groups is 1. The number of halogens is 1. The third-order valence-electron chi connectivity index (χ3n) is 6.67. The zero-order valence-corrected chi connectivity index (χ0v) is 23.2. The largest absolute Gasteiger partial charge is 0.354 e. The van der Waals surface area contributed by atoms with Crippen LogP contribution in [0.4, 0.5) is 16.3 Å². The molecule has 3 heterocycles. The molecule has 0 spiro atoms. The van der Waals surface area contributed by atoms with Crippen molar-refractivity contribution in [2.75, 3.05) is 61.8 Å². The van der Waals surface area contributed by atoms with Gasteiger partial charge in [-0.05, 0) is 57.5 Å². The Balaban J connectivity index is 1.26. The first-order chi connectivity index (χ1) is 17.9. The number of anilines is 2. The van der Waals surface area contributed by atoms with Crippen LogP contribution in [0.25, 0.3) is 0 Å². The van der Waals surface area contributed by atoms with Crippen LogP contribution in [-0.4, -0.2) is 89.3 Å². The lowest BCUT2D eigenvalue weighted by molar-refractivity contribution is -0.118. The fraction of sp³-hybridized carbons (Fsp3) is 0.538. The van der Waals surface area contributed by atoms with Crippen LogP contribution in [-0.2, 0) is 4.79 Å². The van der Waals surface area contributed by atoms with Gasteiger partial charge in [0.2, 0.25) is 5.91 Å². The Morgan fingerprint density at radius 3 is 2.68 bits per heavy atom. The van der Waals surface area contributed by atoms with Crippen molar-refractivity contribution < 1.29 is 9.59 Å². The quantitative estimate of drug-likeness (QED) is 0.295. The van der Waals surface area contributed by atoms with Gasteiger partial charge in [0.1, 0.15) is 11.0 Å². The minimum Gasteiger partial charge on any atom is -0.354 e. The molecule has 200 valence electrons. The molecule has 37 heavy (non-hydrogen) atoms. The SMILES string of the molecule is Cc1cccc(NC(=O)N2CCN(c3cc(Cl)nc(SCC(=O)NCCN4CCCCC4)n3)CC2C)c1. The summed E-state index contributed by atoms with van der Waals surface area (Å²) in [4.78, 5) is 40.5. The molecular formula is C26H36ClN7O2S. The van der Waals surface area contributed by atoms with Crippen LogP contribution in [0.2, 0.25) is 5.15 Å². The van der Waals surface area contributed by atoms with E-state index in [1.54, 1.807) is 6.07 Å². The van der Waals surface area contributed by atoms with Gasteiger partial charge in [0.05, 0.1) is 5.75 Å². The Bertz CT molecular complexity index is 1080. The number of nitrogens with one attached hydrogen (secondary N) is 2. The number of amides is 3. The standard InChI is InChI=1S/C26H36ClN7O2S/c1-19-7-6-8-21(15-19)29-26(36)34-14-13-33(17-20(34)2)23-16-22(27)30-25(31-23)37-18-24(35)28-9-12-32-10-4-3-5-11-32/h6-8,15-16,20H,3-5,9-14,17-18H2,1-2H3,(H,28,35)(H,29,36). The number of hydrogen-bond donors (Lipinski definition) is 2. The fourth-order valence-electron chi connectivity index (χ4n) is 4.72. The molecule has 1 atom stereocenters. The zero-order chi connectivity index (χ0) is 26.2. The average Bonchev–Trinajstić information content (AvgIpc) is 2.87. The monoisotopic (exact) mass is 545 g/mol. The van der Waals surface area contributed by atoms with E-state index >= 15 is 0 Å². The zero-order valence-electron chi connectivity index (χ0n) is 21.6. The predicted molar refractivity (Wildman–Crippen MR) is 150 cm³/mol. The van der Waals surface area contributed by atoms with Crippen molar-refractivity contribution in [2.24, 2.45) is 0 Å². The van der Waals surface area contributed by atoms with Gasteiger partial charge in [-0.3, -0.25) is 4.79 Å². The summed E-state index contributed by atoms with van der Waals surface area (Å²) in [5.41, 5.74) is 1.89. The number of likely N-dealkylation sites (tertiary alicyclic amines) is 1. The highest BCUT2D eigenvalue weighted by Gasteiger charge is 2.28. The minimum absolute atomic E-state index is 0.0194. The van der Waals surface area contributed by atoms with Crippen molar-refractivity contribution >= 4 is 46.8 Å². The second-order valence-corrected chi connectivity index (χ2v) is 11.0. The summed E-state index contributed by atoms with van der Waals surface area (Å²) < 4.78 is 0. The summed E-state index contributed by atoms with van der Waals surface area (Å²) in [6, 6.07) is 9.38. The van der Waals surface area contributed by atoms with E-state index in [2.05, 4.69) is 30.4 Å². The molecule has 2 aliphatic heterocycles. The number of aryl methyl sites for hydroxylation is 1. The summed E-state index contributed by atoms with van der Waals surface area (Å²) >= 11 is 7.58. The lowest BCUT2D eigenvalue weighted by atomic mass is 10.1. The van der Waals surface area contributed by atoms with Gasteiger partial charge in [-0.2, -0.15) is 0 Å². The van der Waals surface area contributed by atoms with Crippen LogP contribution < -0.4 is 15.5 Å². The number of benzene rings is 1. The molecule has 2 fully saturated rings. The smallest absolute Gasteiger partial charge is 0.322 e. The number of nitrogens with zero attached hydrogens (tertiary/aromatic N) is 5. The van der Waals surface area contributed by atoms with Crippen molar-refractivity contribution in [1.82, 2.24) is 25.1 Å². The van der Waals surface area contributed by atoms with Gasteiger partial charge < -0.3 is 25.3 Å². The number of piperidine rings is 1. The molecule has 1 unspecified atom stereocenters. The molecular weight excluding hydrogens is 510 g/mol. The van der Waals surface area contributed by atoms with Gasteiger partial charge in [-0.15, -0.1) is 0 Å². The van der Waals surface area contributed by atoms with Crippen molar-refractivity contribution in [3.05, 3.63) is 41.0 Å². The Kier molecular flexibility index (Phi) is 9.88. The molecule has 3 amide bonds. The molecule has 2 saturated heterocycles. The molecule has 2 aliphatic rings. The van der Waals surface area contributed by atoms with Crippen LogP contribution in [0.1, 0.15) is 31.7 Å². The van der Waals surface area contributed by atoms with E-state index < -0.39 is 0 Å². The second-order valence-electron chi connectivity index (χ2n) is 9.66. The van der Waals surface area contributed by atoms with Crippen molar-refractivity contribution in [3.8, 4) is 0 Å².